The van der Waals surface area contributed by atoms with Gasteiger partial charge < -0.3 is 15.9 Å². The Balaban J connectivity index is 1.97. The first-order valence-corrected chi connectivity index (χ1v) is 8.82. The normalized spacial score (nSPS) is 10.4. The summed E-state index contributed by atoms with van der Waals surface area (Å²) < 4.78 is 5.91. The summed E-state index contributed by atoms with van der Waals surface area (Å²) in [4.78, 5) is 35.6. The van der Waals surface area contributed by atoms with Crippen molar-refractivity contribution >= 4 is 29.3 Å². The lowest BCUT2D eigenvalue weighted by Gasteiger charge is -2.08. The number of carbonyl (C=O) groups is 2. The molecule has 0 aliphatic carbocycles. The fraction of sp³-hybridized carbons (Fsp3) is 0.312. The Kier molecular flexibility index (Phi) is 6.73. The molecule has 26 heavy (non-hydrogen) atoms. The van der Waals surface area contributed by atoms with Crippen LogP contribution in [0.15, 0.2) is 34.2 Å². The topological polar surface area (TPSA) is 129 Å². The number of esters is 1. The van der Waals surface area contributed by atoms with Crippen molar-refractivity contribution in [2.45, 2.75) is 25.4 Å². The quantitative estimate of drug-likeness (QED) is 0.415. The molecule has 1 heterocycles. The highest BCUT2D eigenvalue weighted by Gasteiger charge is 2.12. The molecule has 0 saturated heterocycles. The monoisotopic (exact) mass is 377 g/mol. The summed E-state index contributed by atoms with van der Waals surface area (Å²) >= 11 is 0.980. The van der Waals surface area contributed by atoms with Gasteiger partial charge in [0.15, 0.2) is 0 Å². The molecule has 138 valence electrons. The molecular weight excluding hydrogens is 358 g/mol. The second kappa shape index (κ2) is 8.99. The van der Waals surface area contributed by atoms with Gasteiger partial charge in [0.25, 0.3) is 5.56 Å². The molecule has 1 amide bonds. The van der Waals surface area contributed by atoms with Crippen LogP contribution in [0.5, 0.6) is 0 Å². The standard InChI is InChI=1S/C16H19N5O4S/c1-3-7-25-15(24)11-5-4-6-12(8-11)18-13(22)9-26-16-20-19-10(2)14(23)21(16)17/h4-6,8H,3,7,9,17H2,1-2H3,(H,18,22). The van der Waals surface area contributed by atoms with E-state index in [0.29, 0.717) is 17.9 Å². The molecule has 1 aromatic carbocycles. The first-order chi connectivity index (χ1) is 12.4. The van der Waals surface area contributed by atoms with Gasteiger partial charge in [-0.3, -0.25) is 9.59 Å². The largest absolute Gasteiger partial charge is 0.462 e. The van der Waals surface area contributed by atoms with E-state index in [1.807, 2.05) is 6.92 Å². The maximum Gasteiger partial charge on any atom is 0.338 e. The number of carbonyl (C=O) groups excluding carboxylic acids is 2. The molecule has 0 aliphatic heterocycles. The second-order valence-electron chi connectivity index (χ2n) is 5.30. The van der Waals surface area contributed by atoms with Gasteiger partial charge in [0.05, 0.1) is 17.9 Å². The molecular formula is C16H19N5O4S. The predicted molar refractivity (Wildman–Crippen MR) is 97.5 cm³/mol. The Morgan fingerprint density at radius 3 is 2.85 bits per heavy atom. The summed E-state index contributed by atoms with van der Waals surface area (Å²) in [5.41, 5.74) is 0.514. The van der Waals surface area contributed by atoms with Crippen molar-refractivity contribution in [3.8, 4) is 0 Å². The number of thioether (sulfide) groups is 1. The smallest absolute Gasteiger partial charge is 0.338 e. The number of benzene rings is 1. The Morgan fingerprint density at radius 2 is 2.12 bits per heavy atom. The molecule has 9 nitrogen and oxygen atoms in total. The molecule has 10 heteroatoms. The SMILES string of the molecule is CCCOC(=O)c1cccc(NC(=O)CSc2nnc(C)c(=O)n2N)c1. The van der Waals surface area contributed by atoms with Crippen LogP contribution in [0, 0.1) is 6.92 Å². The number of aryl methyl sites for hydroxylation is 1. The molecule has 2 aromatic rings. The number of nitrogens with one attached hydrogen (secondary N) is 1. The Bertz CT molecular complexity index is 868. The van der Waals surface area contributed by atoms with E-state index in [-0.39, 0.29) is 22.5 Å². The molecule has 0 spiro atoms. The van der Waals surface area contributed by atoms with Gasteiger partial charge in [0.1, 0.15) is 5.69 Å². The third kappa shape index (κ3) is 5.06. The molecule has 0 unspecified atom stereocenters. The van der Waals surface area contributed by atoms with E-state index >= 15 is 0 Å². The second-order valence-corrected chi connectivity index (χ2v) is 6.24. The average molecular weight is 377 g/mol. The average Bonchev–Trinajstić information content (AvgIpc) is 2.63. The number of ether oxygens (including phenoxy) is 1. The van der Waals surface area contributed by atoms with Gasteiger partial charge in [-0.15, -0.1) is 10.2 Å². The lowest BCUT2D eigenvalue weighted by molar-refractivity contribution is -0.113. The van der Waals surface area contributed by atoms with Crippen molar-refractivity contribution in [1.29, 1.82) is 0 Å². The molecule has 3 N–H and O–H groups in total. The van der Waals surface area contributed by atoms with E-state index in [4.69, 9.17) is 10.6 Å². The molecule has 0 bridgehead atoms. The van der Waals surface area contributed by atoms with Crippen molar-refractivity contribution in [3.63, 3.8) is 0 Å². The first-order valence-electron chi connectivity index (χ1n) is 7.83. The summed E-state index contributed by atoms with van der Waals surface area (Å²) in [6.45, 7) is 3.74. The molecule has 0 fully saturated rings. The van der Waals surface area contributed by atoms with Crippen LogP contribution >= 0.6 is 11.8 Å². The number of hydrogen-bond donors (Lipinski definition) is 2. The van der Waals surface area contributed by atoms with Crippen molar-refractivity contribution in [3.05, 3.63) is 45.9 Å². The van der Waals surface area contributed by atoms with Gasteiger partial charge >= 0.3 is 5.97 Å². The van der Waals surface area contributed by atoms with Crippen LogP contribution in [0.2, 0.25) is 0 Å². The lowest BCUT2D eigenvalue weighted by atomic mass is 10.2. The summed E-state index contributed by atoms with van der Waals surface area (Å²) in [6.07, 6.45) is 0.730. The van der Waals surface area contributed by atoms with E-state index < -0.39 is 11.5 Å². The van der Waals surface area contributed by atoms with Crippen LogP contribution in [0.4, 0.5) is 5.69 Å². The maximum absolute atomic E-state index is 12.1. The van der Waals surface area contributed by atoms with Gasteiger partial charge in [-0.05, 0) is 31.5 Å². The fourth-order valence-electron chi connectivity index (χ4n) is 1.90. The molecule has 0 atom stereocenters. The minimum Gasteiger partial charge on any atom is -0.462 e. The molecule has 1 aromatic heterocycles. The third-order valence-corrected chi connectivity index (χ3v) is 4.11. The number of anilines is 1. The summed E-state index contributed by atoms with van der Waals surface area (Å²) in [6, 6.07) is 6.44. The van der Waals surface area contributed by atoms with Crippen LogP contribution in [-0.4, -0.2) is 39.1 Å². The number of nitrogens with zero attached hydrogens (tertiary/aromatic N) is 3. The van der Waals surface area contributed by atoms with Crippen molar-refractivity contribution in [1.82, 2.24) is 14.9 Å². The number of hydrogen-bond acceptors (Lipinski definition) is 8. The van der Waals surface area contributed by atoms with Crippen LogP contribution in [0.25, 0.3) is 0 Å². The minimum atomic E-state index is -0.471. The van der Waals surface area contributed by atoms with Gasteiger partial charge in [-0.25, -0.2) is 4.79 Å². The number of rotatable bonds is 7. The zero-order chi connectivity index (χ0) is 19.1. The summed E-state index contributed by atoms with van der Waals surface area (Å²) in [5, 5.41) is 10.3. The number of amides is 1. The summed E-state index contributed by atoms with van der Waals surface area (Å²) in [5.74, 6) is 4.80. The van der Waals surface area contributed by atoms with Gasteiger partial charge in [0, 0.05) is 5.69 Å². The highest BCUT2D eigenvalue weighted by atomic mass is 32.2. The van der Waals surface area contributed by atoms with E-state index in [9.17, 15) is 14.4 Å². The Morgan fingerprint density at radius 1 is 1.35 bits per heavy atom. The zero-order valence-corrected chi connectivity index (χ0v) is 15.2. The molecule has 0 radical (unpaired) electrons. The fourth-order valence-corrected chi connectivity index (χ4v) is 2.55. The Hall–Kier alpha value is -2.88. The maximum atomic E-state index is 12.1. The van der Waals surface area contributed by atoms with Crippen molar-refractivity contribution in [2.75, 3.05) is 23.5 Å². The van der Waals surface area contributed by atoms with E-state index in [2.05, 4.69) is 15.5 Å². The highest BCUT2D eigenvalue weighted by Crippen LogP contribution is 2.15. The van der Waals surface area contributed by atoms with E-state index in [1.165, 1.54) is 13.0 Å². The Labute approximate surface area is 153 Å². The first kappa shape index (κ1) is 19.4. The number of nitrogens with two attached hydrogens (primary N) is 1. The number of aromatic nitrogens is 3. The van der Waals surface area contributed by atoms with E-state index in [1.54, 1.807) is 18.2 Å². The summed E-state index contributed by atoms with van der Waals surface area (Å²) in [7, 11) is 0. The van der Waals surface area contributed by atoms with E-state index in [0.717, 1.165) is 22.9 Å². The van der Waals surface area contributed by atoms with Gasteiger partial charge in [0.2, 0.25) is 11.1 Å². The molecule has 0 aliphatic rings. The third-order valence-electron chi connectivity index (χ3n) is 3.17. The van der Waals surface area contributed by atoms with Crippen LogP contribution in [0.3, 0.4) is 0 Å². The molecule has 2 rings (SSSR count). The van der Waals surface area contributed by atoms with Crippen molar-refractivity contribution < 1.29 is 14.3 Å². The minimum absolute atomic E-state index is 0.0289. The van der Waals surface area contributed by atoms with Crippen LogP contribution < -0.4 is 16.7 Å². The van der Waals surface area contributed by atoms with Crippen molar-refractivity contribution in [2.24, 2.45) is 0 Å². The number of nitrogen functional groups attached to an aromatic ring is 1. The zero-order valence-electron chi connectivity index (χ0n) is 14.4. The van der Waals surface area contributed by atoms with Gasteiger partial charge in [-0.1, -0.05) is 24.8 Å². The lowest BCUT2D eigenvalue weighted by Crippen LogP contribution is -2.32. The highest BCUT2D eigenvalue weighted by molar-refractivity contribution is 7.99. The van der Waals surface area contributed by atoms with Gasteiger partial charge in [-0.2, -0.15) is 4.68 Å². The molecule has 0 saturated carbocycles. The van der Waals surface area contributed by atoms with Crippen LogP contribution in [0.1, 0.15) is 29.4 Å². The van der Waals surface area contributed by atoms with Crippen LogP contribution in [-0.2, 0) is 9.53 Å². The predicted octanol–water partition coefficient (Wildman–Crippen LogP) is 0.958.